The van der Waals surface area contributed by atoms with Crippen LogP contribution in [0.5, 0.6) is 0 Å². The molecule has 6 nitrogen and oxygen atoms in total. The molecule has 2 N–H and O–H groups in total. The predicted molar refractivity (Wildman–Crippen MR) is 64.2 cm³/mol. The summed E-state index contributed by atoms with van der Waals surface area (Å²) in [6.07, 6.45) is 1.40. The van der Waals surface area contributed by atoms with Crippen molar-refractivity contribution in [2.45, 2.75) is 6.92 Å². The van der Waals surface area contributed by atoms with E-state index >= 15 is 0 Å². The molecular weight excluding hydrogens is 290 g/mol. The summed E-state index contributed by atoms with van der Waals surface area (Å²) in [4.78, 5) is 26.0. The molecule has 0 fully saturated rings. The van der Waals surface area contributed by atoms with Gasteiger partial charge >= 0.3 is 5.97 Å². The summed E-state index contributed by atoms with van der Waals surface area (Å²) < 4.78 is 1.96. The second kappa shape index (κ2) is 4.17. The lowest BCUT2D eigenvalue weighted by molar-refractivity contribution is -0.114. The molecule has 7 heteroatoms. The maximum absolute atomic E-state index is 11.0. The van der Waals surface area contributed by atoms with Crippen LogP contribution in [0.1, 0.15) is 17.3 Å². The van der Waals surface area contributed by atoms with Crippen molar-refractivity contribution in [1.82, 2.24) is 9.38 Å². The van der Waals surface area contributed by atoms with Crippen molar-refractivity contribution in [1.29, 1.82) is 0 Å². The topological polar surface area (TPSA) is 83.7 Å². The van der Waals surface area contributed by atoms with Crippen LogP contribution in [0.25, 0.3) is 5.65 Å². The minimum absolute atomic E-state index is 0.119. The fourth-order valence-electron chi connectivity index (χ4n) is 1.42. The molecule has 0 aliphatic carbocycles. The molecule has 17 heavy (non-hydrogen) atoms. The lowest BCUT2D eigenvalue weighted by atomic mass is 10.3. The number of fused-ring (bicyclic) bond motifs is 1. The normalized spacial score (nSPS) is 10.5. The number of amides is 1. The largest absolute Gasteiger partial charge is 0.478 e. The van der Waals surface area contributed by atoms with Crippen LogP contribution in [0, 0.1) is 0 Å². The van der Waals surface area contributed by atoms with Crippen molar-refractivity contribution in [2.24, 2.45) is 0 Å². The molecule has 0 bridgehead atoms. The van der Waals surface area contributed by atoms with Crippen LogP contribution in [0.15, 0.2) is 22.9 Å². The number of anilines is 1. The molecule has 0 unspecified atom stereocenters. The Labute approximate surface area is 104 Å². The Balaban J connectivity index is 2.64. The number of nitrogens with one attached hydrogen (secondary N) is 1. The van der Waals surface area contributed by atoms with Gasteiger partial charge in [0, 0.05) is 13.1 Å². The van der Waals surface area contributed by atoms with Gasteiger partial charge in [0.05, 0.1) is 5.56 Å². The fourth-order valence-corrected chi connectivity index (χ4v) is 1.89. The van der Waals surface area contributed by atoms with E-state index in [-0.39, 0.29) is 11.5 Å². The number of imidazole rings is 1. The van der Waals surface area contributed by atoms with Gasteiger partial charge in [0.15, 0.2) is 5.82 Å². The van der Waals surface area contributed by atoms with Gasteiger partial charge in [0.2, 0.25) is 5.91 Å². The lowest BCUT2D eigenvalue weighted by Gasteiger charge is -2.03. The molecule has 0 aliphatic rings. The number of carboxylic acids is 1. The second-order valence-corrected chi connectivity index (χ2v) is 4.13. The third-order valence-electron chi connectivity index (χ3n) is 2.12. The Morgan fingerprint density at radius 3 is 2.76 bits per heavy atom. The van der Waals surface area contributed by atoms with Crippen molar-refractivity contribution in [2.75, 3.05) is 5.32 Å². The summed E-state index contributed by atoms with van der Waals surface area (Å²) in [7, 11) is 0. The summed E-state index contributed by atoms with van der Waals surface area (Å²) in [6.45, 7) is 1.37. The number of pyridine rings is 1. The van der Waals surface area contributed by atoms with E-state index < -0.39 is 5.97 Å². The van der Waals surface area contributed by atoms with Crippen LogP contribution in [-0.4, -0.2) is 26.4 Å². The Morgan fingerprint density at radius 1 is 1.47 bits per heavy atom. The molecule has 0 aliphatic heterocycles. The van der Waals surface area contributed by atoms with Crippen molar-refractivity contribution in [3.63, 3.8) is 0 Å². The average Bonchev–Trinajstić information content (AvgIpc) is 2.54. The first kappa shape index (κ1) is 11.6. The van der Waals surface area contributed by atoms with E-state index in [1.54, 1.807) is 6.07 Å². The molecule has 0 saturated heterocycles. The van der Waals surface area contributed by atoms with Crippen LogP contribution < -0.4 is 5.32 Å². The van der Waals surface area contributed by atoms with E-state index in [0.29, 0.717) is 16.1 Å². The zero-order valence-corrected chi connectivity index (χ0v) is 10.4. The third-order valence-corrected chi connectivity index (χ3v) is 2.67. The van der Waals surface area contributed by atoms with Crippen molar-refractivity contribution >= 4 is 39.3 Å². The number of carbonyl (C=O) groups excluding carboxylic acids is 1. The maximum Gasteiger partial charge on any atom is 0.337 e. The average molecular weight is 298 g/mol. The molecule has 1 amide bonds. The SMILES string of the molecule is CC(=O)Nc1c(Br)nc2ccc(C(=O)O)cn12. The first-order chi connectivity index (χ1) is 7.99. The highest BCUT2D eigenvalue weighted by atomic mass is 79.9. The van der Waals surface area contributed by atoms with Crippen LogP contribution in [-0.2, 0) is 4.79 Å². The van der Waals surface area contributed by atoms with E-state index in [2.05, 4.69) is 26.2 Å². The summed E-state index contributed by atoms with van der Waals surface area (Å²) in [5.74, 6) is -0.880. The highest BCUT2D eigenvalue weighted by Crippen LogP contribution is 2.24. The predicted octanol–water partition coefficient (Wildman–Crippen LogP) is 1.75. The standard InChI is InChI=1S/C10H8BrN3O3/c1-5(15)12-9-8(11)13-7-3-2-6(10(16)17)4-14(7)9/h2-4H,1H3,(H,12,15)(H,16,17). The number of rotatable bonds is 2. The molecule has 2 aromatic rings. The van der Waals surface area contributed by atoms with Crippen molar-refractivity contribution in [3.8, 4) is 0 Å². The molecule has 0 spiro atoms. The fraction of sp³-hybridized carbons (Fsp3) is 0.100. The first-order valence-electron chi connectivity index (χ1n) is 4.67. The number of aromatic nitrogens is 2. The lowest BCUT2D eigenvalue weighted by Crippen LogP contribution is -2.09. The highest BCUT2D eigenvalue weighted by Gasteiger charge is 2.13. The summed E-state index contributed by atoms with van der Waals surface area (Å²) >= 11 is 3.21. The molecule has 2 heterocycles. The van der Waals surface area contributed by atoms with Crippen molar-refractivity contribution < 1.29 is 14.7 Å². The van der Waals surface area contributed by atoms with E-state index in [4.69, 9.17) is 5.11 Å². The van der Waals surface area contributed by atoms with Crippen LogP contribution in [0.2, 0.25) is 0 Å². The number of halogens is 1. The first-order valence-corrected chi connectivity index (χ1v) is 5.47. The number of carboxylic acid groups (broad SMARTS) is 1. The van der Waals surface area contributed by atoms with Gasteiger partial charge in [-0.15, -0.1) is 0 Å². The number of aromatic carboxylic acids is 1. The van der Waals surface area contributed by atoms with E-state index in [1.807, 2.05) is 0 Å². The molecule has 0 saturated carbocycles. The Bertz CT molecular complexity index is 621. The van der Waals surface area contributed by atoms with Gasteiger partial charge in [-0.25, -0.2) is 9.78 Å². The smallest absolute Gasteiger partial charge is 0.337 e. The number of carbonyl (C=O) groups is 2. The van der Waals surface area contributed by atoms with E-state index in [1.165, 1.54) is 23.6 Å². The van der Waals surface area contributed by atoms with Gasteiger partial charge < -0.3 is 10.4 Å². The zero-order valence-electron chi connectivity index (χ0n) is 8.77. The number of nitrogens with zero attached hydrogens (tertiary/aromatic N) is 2. The summed E-state index contributed by atoms with van der Waals surface area (Å²) in [5.41, 5.74) is 0.666. The Kier molecular flexibility index (Phi) is 2.84. The number of hydrogen-bond donors (Lipinski definition) is 2. The molecule has 2 rings (SSSR count). The van der Waals surface area contributed by atoms with Crippen LogP contribution >= 0.6 is 15.9 Å². The molecule has 88 valence electrons. The number of hydrogen-bond acceptors (Lipinski definition) is 3. The quantitative estimate of drug-likeness (QED) is 0.884. The van der Waals surface area contributed by atoms with Gasteiger partial charge in [0.25, 0.3) is 0 Å². The van der Waals surface area contributed by atoms with Crippen LogP contribution in [0.4, 0.5) is 5.82 Å². The monoisotopic (exact) mass is 297 g/mol. The Morgan fingerprint density at radius 2 is 2.18 bits per heavy atom. The zero-order chi connectivity index (χ0) is 12.6. The minimum atomic E-state index is -1.04. The van der Waals surface area contributed by atoms with Crippen LogP contribution in [0.3, 0.4) is 0 Å². The van der Waals surface area contributed by atoms with Gasteiger partial charge in [0.1, 0.15) is 10.3 Å². The van der Waals surface area contributed by atoms with Gasteiger partial charge in [-0.05, 0) is 28.1 Å². The molecule has 0 radical (unpaired) electrons. The molecule has 0 aromatic carbocycles. The second-order valence-electron chi connectivity index (χ2n) is 3.38. The van der Waals surface area contributed by atoms with E-state index in [0.717, 1.165) is 0 Å². The van der Waals surface area contributed by atoms with E-state index in [9.17, 15) is 9.59 Å². The highest BCUT2D eigenvalue weighted by molar-refractivity contribution is 9.10. The Hall–Kier alpha value is -1.89. The van der Waals surface area contributed by atoms with Gasteiger partial charge in [-0.2, -0.15) is 0 Å². The van der Waals surface area contributed by atoms with Gasteiger partial charge in [-0.1, -0.05) is 0 Å². The molecule has 2 aromatic heterocycles. The summed E-state index contributed by atoms with van der Waals surface area (Å²) in [6, 6.07) is 3.02. The van der Waals surface area contributed by atoms with Crippen molar-refractivity contribution in [3.05, 3.63) is 28.5 Å². The maximum atomic E-state index is 11.0. The van der Waals surface area contributed by atoms with Gasteiger partial charge in [-0.3, -0.25) is 9.20 Å². The minimum Gasteiger partial charge on any atom is -0.478 e. The molecule has 0 atom stereocenters. The third kappa shape index (κ3) is 2.14. The molecular formula is C10H8BrN3O3. The summed E-state index contributed by atoms with van der Waals surface area (Å²) in [5, 5.41) is 11.5.